The van der Waals surface area contributed by atoms with Crippen LogP contribution in [0.3, 0.4) is 0 Å². The number of sulfonamides is 1. The fourth-order valence-corrected chi connectivity index (χ4v) is 4.22. The number of nitrogens with one attached hydrogen (secondary N) is 1. The average Bonchev–Trinajstić information content (AvgIpc) is 2.63. The number of rotatable bonds is 3. The van der Waals surface area contributed by atoms with Crippen molar-refractivity contribution in [1.29, 1.82) is 0 Å². The van der Waals surface area contributed by atoms with E-state index in [0.29, 0.717) is 35.6 Å². The van der Waals surface area contributed by atoms with Crippen LogP contribution in [0.1, 0.15) is 25.7 Å². The molecule has 0 spiro atoms. The number of ether oxygens (including phenoxy) is 2. The number of alkyl halides is 2. The van der Waals surface area contributed by atoms with Gasteiger partial charge < -0.3 is 9.47 Å². The van der Waals surface area contributed by atoms with Gasteiger partial charge in [-0.2, -0.15) is 0 Å². The summed E-state index contributed by atoms with van der Waals surface area (Å²) in [7, 11) is -3.52. The van der Waals surface area contributed by atoms with Crippen LogP contribution in [0.25, 0.3) is 11.1 Å². The minimum absolute atomic E-state index is 0.147. The van der Waals surface area contributed by atoms with Crippen molar-refractivity contribution in [2.45, 2.75) is 37.7 Å². The molecule has 0 amide bonds. The van der Waals surface area contributed by atoms with Gasteiger partial charge in [0.25, 0.3) is 10.0 Å². The maximum atomic E-state index is 13.2. The molecule has 1 aliphatic heterocycles. The number of para-hydroxylation sites is 1. The first kappa shape index (κ1) is 18.0. The molecular formula is C19H19F2NO4S. The van der Waals surface area contributed by atoms with E-state index in [1.807, 2.05) is 12.1 Å². The van der Waals surface area contributed by atoms with Crippen molar-refractivity contribution in [2.24, 2.45) is 0 Å². The SMILES string of the molecule is O=S1(=O)COc2cccc(-c3ccc(OC4CCC(F)(F)CC4)cc3)c2N1. The van der Waals surface area contributed by atoms with Crippen LogP contribution in [0.2, 0.25) is 0 Å². The summed E-state index contributed by atoms with van der Waals surface area (Å²) in [4.78, 5) is 0. The second-order valence-electron chi connectivity index (χ2n) is 6.86. The lowest BCUT2D eigenvalue weighted by atomic mass is 9.94. The monoisotopic (exact) mass is 395 g/mol. The Balaban J connectivity index is 1.52. The predicted octanol–water partition coefficient (Wildman–Crippen LogP) is 4.40. The first-order chi connectivity index (χ1) is 12.8. The van der Waals surface area contributed by atoms with Crippen molar-refractivity contribution >= 4 is 15.7 Å². The molecule has 1 N–H and O–H groups in total. The molecule has 4 rings (SSSR count). The Morgan fingerprint density at radius 2 is 1.78 bits per heavy atom. The summed E-state index contributed by atoms with van der Waals surface area (Å²) in [6.45, 7) is 0. The average molecular weight is 395 g/mol. The zero-order valence-corrected chi connectivity index (χ0v) is 15.3. The van der Waals surface area contributed by atoms with Gasteiger partial charge in [-0.15, -0.1) is 0 Å². The maximum absolute atomic E-state index is 13.2. The van der Waals surface area contributed by atoms with E-state index >= 15 is 0 Å². The zero-order valence-electron chi connectivity index (χ0n) is 14.5. The van der Waals surface area contributed by atoms with Crippen LogP contribution in [0.4, 0.5) is 14.5 Å². The summed E-state index contributed by atoms with van der Waals surface area (Å²) in [5.41, 5.74) is 1.90. The standard InChI is InChI=1S/C19H19F2NO4S/c20-19(21)10-8-15(9-11-19)26-14-6-4-13(5-7-14)16-2-1-3-17-18(16)22-27(23,24)12-25-17/h1-7,15,22H,8-12H2. The number of anilines is 1. The third kappa shape index (κ3) is 4.00. The lowest BCUT2D eigenvalue weighted by Crippen LogP contribution is -2.30. The van der Waals surface area contributed by atoms with E-state index in [-0.39, 0.29) is 18.9 Å². The Morgan fingerprint density at radius 3 is 2.48 bits per heavy atom. The van der Waals surface area contributed by atoms with Gasteiger partial charge in [-0.05, 0) is 36.6 Å². The normalized spacial score (nSPS) is 20.8. The van der Waals surface area contributed by atoms with Gasteiger partial charge in [-0.3, -0.25) is 4.72 Å². The van der Waals surface area contributed by atoms with E-state index in [4.69, 9.17) is 9.47 Å². The molecule has 0 unspecified atom stereocenters. The second-order valence-corrected chi connectivity index (χ2v) is 8.52. The lowest BCUT2D eigenvalue weighted by Gasteiger charge is -2.28. The van der Waals surface area contributed by atoms with Crippen molar-refractivity contribution in [3.05, 3.63) is 42.5 Å². The van der Waals surface area contributed by atoms with Crippen LogP contribution in [-0.4, -0.2) is 26.4 Å². The molecule has 0 saturated heterocycles. The molecule has 0 radical (unpaired) electrons. The molecule has 0 bridgehead atoms. The molecule has 144 valence electrons. The first-order valence-corrected chi connectivity index (χ1v) is 10.4. The summed E-state index contributed by atoms with van der Waals surface area (Å²) in [5.74, 6) is -1.90. The highest BCUT2D eigenvalue weighted by atomic mass is 32.2. The summed E-state index contributed by atoms with van der Waals surface area (Å²) in [6.07, 6.45) is 0.165. The third-order valence-electron chi connectivity index (χ3n) is 4.79. The minimum Gasteiger partial charge on any atom is -0.490 e. The van der Waals surface area contributed by atoms with E-state index in [9.17, 15) is 17.2 Å². The van der Waals surface area contributed by atoms with Crippen LogP contribution < -0.4 is 14.2 Å². The smallest absolute Gasteiger partial charge is 0.268 e. The van der Waals surface area contributed by atoms with Crippen LogP contribution in [0.15, 0.2) is 42.5 Å². The highest BCUT2D eigenvalue weighted by Gasteiger charge is 2.35. The van der Waals surface area contributed by atoms with E-state index in [1.54, 1.807) is 30.3 Å². The molecule has 2 aromatic rings. The van der Waals surface area contributed by atoms with Gasteiger partial charge in [-0.25, -0.2) is 17.2 Å². The third-order valence-corrected chi connectivity index (χ3v) is 5.73. The Hall–Kier alpha value is -2.35. The molecule has 2 aliphatic rings. The molecule has 2 aromatic carbocycles. The molecular weight excluding hydrogens is 376 g/mol. The summed E-state index contributed by atoms with van der Waals surface area (Å²) < 4.78 is 63.7. The number of hydrogen-bond donors (Lipinski definition) is 1. The molecule has 0 atom stereocenters. The van der Waals surface area contributed by atoms with Gasteiger partial charge in [0.1, 0.15) is 11.5 Å². The zero-order chi connectivity index (χ0) is 19.1. The summed E-state index contributed by atoms with van der Waals surface area (Å²) in [5, 5.41) is 0. The van der Waals surface area contributed by atoms with Gasteiger partial charge in [0.2, 0.25) is 11.9 Å². The molecule has 1 heterocycles. The Labute approximate surface area is 156 Å². The van der Waals surface area contributed by atoms with Crippen LogP contribution in [0.5, 0.6) is 11.5 Å². The molecule has 8 heteroatoms. The number of hydrogen-bond acceptors (Lipinski definition) is 4. The van der Waals surface area contributed by atoms with E-state index in [2.05, 4.69) is 4.72 Å². The molecule has 5 nitrogen and oxygen atoms in total. The maximum Gasteiger partial charge on any atom is 0.268 e. The number of benzene rings is 2. The highest BCUT2D eigenvalue weighted by Crippen LogP contribution is 2.40. The van der Waals surface area contributed by atoms with Crippen LogP contribution in [-0.2, 0) is 10.0 Å². The van der Waals surface area contributed by atoms with Crippen molar-refractivity contribution in [1.82, 2.24) is 0 Å². The summed E-state index contributed by atoms with van der Waals surface area (Å²) in [6, 6.07) is 12.4. The topological polar surface area (TPSA) is 64.6 Å². The predicted molar refractivity (Wildman–Crippen MR) is 97.7 cm³/mol. The number of fused-ring (bicyclic) bond motifs is 1. The first-order valence-electron chi connectivity index (χ1n) is 8.73. The largest absolute Gasteiger partial charge is 0.490 e. The van der Waals surface area contributed by atoms with Crippen molar-refractivity contribution < 1.29 is 26.7 Å². The van der Waals surface area contributed by atoms with E-state index < -0.39 is 21.9 Å². The molecule has 1 fully saturated rings. The lowest BCUT2D eigenvalue weighted by molar-refractivity contribution is -0.0582. The Kier molecular flexibility index (Phi) is 4.46. The van der Waals surface area contributed by atoms with Crippen molar-refractivity contribution in [3.63, 3.8) is 0 Å². The number of halogens is 2. The fraction of sp³-hybridized carbons (Fsp3) is 0.368. The van der Waals surface area contributed by atoms with Gasteiger partial charge in [0.05, 0.1) is 11.8 Å². The highest BCUT2D eigenvalue weighted by molar-refractivity contribution is 7.92. The van der Waals surface area contributed by atoms with Crippen LogP contribution >= 0.6 is 0 Å². The van der Waals surface area contributed by atoms with Gasteiger partial charge in [0, 0.05) is 18.4 Å². The molecule has 0 aromatic heterocycles. The van der Waals surface area contributed by atoms with E-state index in [1.165, 1.54) is 0 Å². The summed E-state index contributed by atoms with van der Waals surface area (Å²) >= 11 is 0. The Morgan fingerprint density at radius 1 is 1.07 bits per heavy atom. The second kappa shape index (κ2) is 6.67. The van der Waals surface area contributed by atoms with Crippen molar-refractivity contribution in [2.75, 3.05) is 10.7 Å². The Bertz CT molecular complexity index is 935. The van der Waals surface area contributed by atoms with Gasteiger partial charge >= 0.3 is 0 Å². The van der Waals surface area contributed by atoms with E-state index in [0.717, 1.165) is 5.56 Å². The molecule has 1 saturated carbocycles. The van der Waals surface area contributed by atoms with Crippen LogP contribution in [0, 0.1) is 0 Å². The van der Waals surface area contributed by atoms with Gasteiger partial charge in [-0.1, -0.05) is 24.3 Å². The van der Waals surface area contributed by atoms with Gasteiger partial charge in [0.15, 0.2) is 0 Å². The minimum atomic E-state index is -3.52. The molecule has 1 aliphatic carbocycles. The van der Waals surface area contributed by atoms with Crippen molar-refractivity contribution in [3.8, 4) is 22.6 Å². The quantitative estimate of drug-likeness (QED) is 0.837. The molecule has 27 heavy (non-hydrogen) atoms. The fourth-order valence-electron chi connectivity index (χ4n) is 3.36.